The van der Waals surface area contributed by atoms with E-state index >= 15 is 0 Å². The van der Waals surface area contributed by atoms with E-state index in [4.69, 9.17) is 0 Å². The molecule has 4 rings (SSSR count). The molecule has 1 fully saturated rings. The Morgan fingerprint density at radius 3 is 2.64 bits per heavy atom. The number of carbonyl (C=O) groups is 2. The molecule has 0 bridgehead atoms. The van der Waals surface area contributed by atoms with Crippen LogP contribution in [0.5, 0.6) is 0 Å². The molecule has 2 aromatic carbocycles. The van der Waals surface area contributed by atoms with Crippen LogP contribution in [0.4, 0.5) is 11.4 Å². The summed E-state index contributed by atoms with van der Waals surface area (Å²) in [6.07, 6.45) is 0.117. The summed E-state index contributed by atoms with van der Waals surface area (Å²) in [5, 5.41) is 3.75. The van der Waals surface area contributed by atoms with Crippen LogP contribution in [0.2, 0.25) is 0 Å². The summed E-state index contributed by atoms with van der Waals surface area (Å²) in [6, 6.07) is 11.7. The van der Waals surface area contributed by atoms with Crippen molar-refractivity contribution in [2.24, 2.45) is 11.8 Å². The van der Waals surface area contributed by atoms with Gasteiger partial charge in [-0.15, -0.1) is 11.3 Å². The molecular weight excluding hydrogens is 460 g/mol. The monoisotopic (exact) mass is 486 g/mol. The van der Waals surface area contributed by atoms with E-state index in [-0.39, 0.29) is 35.6 Å². The highest BCUT2D eigenvalue weighted by atomic mass is 32.2. The number of aryl methyl sites for hydroxylation is 1. The van der Waals surface area contributed by atoms with Crippen LogP contribution < -0.4 is 14.9 Å². The molecule has 1 aliphatic heterocycles. The van der Waals surface area contributed by atoms with E-state index in [9.17, 15) is 18.0 Å². The van der Waals surface area contributed by atoms with Gasteiger partial charge in [-0.2, -0.15) is 0 Å². The van der Waals surface area contributed by atoms with Crippen LogP contribution in [0, 0.1) is 18.8 Å². The van der Waals surface area contributed by atoms with Gasteiger partial charge in [0.25, 0.3) is 0 Å². The predicted octanol–water partition coefficient (Wildman–Crippen LogP) is 3.53. The standard InChI is InChI=1S/C23H26N4O4S2/c1-14(2)12-24-33(30,31)19-7-4-17(5-8-19)26-23(29)16-10-22(28)27(13-16)18-6-9-21-20(11-18)25-15(3)32-21/h4-9,11,14,16,24H,10,12-13H2,1-3H3,(H,26,29). The van der Waals surface area contributed by atoms with Crippen LogP contribution in [0.1, 0.15) is 25.3 Å². The summed E-state index contributed by atoms with van der Waals surface area (Å²) in [5.74, 6) is -0.690. The topological polar surface area (TPSA) is 108 Å². The first kappa shape index (κ1) is 23.3. The largest absolute Gasteiger partial charge is 0.326 e. The fraction of sp³-hybridized carbons (Fsp3) is 0.348. The Morgan fingerprint density at radius 2 is 1.94 bits per heavy atom. The number of fused-ring (bicyclic) bond motifs is 1. The number of hydrogen-bond donors (Lipinski definition) is 2. The van der Waals surface area contributed by atoms with Crippen molar-refractivity contribution in [2.75, 3.05) is 23.3 Å². The van der Waals surface area contributed by atoms with Crippen molar-refractivity contribution in [3.8, 4) is 0 Å². The Bertz CT molecular complexity index is 1300. The van der Waals surface area contributed by atoms with Gasteiger partial charge in [0.05, 0.1) is 26.0 Å². The number of benzene rings is 2. The molecule has 174 valence electrons. The molecule has 2 heterocycles. The lowest BCUT2D eigenvalue weighted by atomic mass is 10.1. The van der Waals surface area contributed by atoms with Gasteiger partial charge in [0, 0.05) is 30.9 Å². The molecule has 1 aromatic heterocycles. The van der Waals surface area contributed by atoms with Crippen LogP contribution in [0.3, 0.4) is 0 Å². The average molecular weight is 487 g/mol. The van der Waals surface area contributed by atoms with Gasteiger partial charge in [-0.05, 0) is 55.3 Å². The van der Waals surface area contributed by atoms with E-state index in [1.54, 1.807) is 28.4 Å². The maximum Gasteiger partial charge on any atom is 0.240 e. The highest BCUT2D eigenvalue weighted by Gasteiger charge is 2.35. The number of carbonyl (C=O) groups excluding carboxylic acids is 2. The first-order valence-electron chi connectivity index (χ1n) is 10.7. The number of nitrogens with zero attached hydrogens (tertiary/aromatic N) is 2. The number of rotatable bonds is 7. The van der Waals surface area contributed by atoms with Gasteiger partial charge in [-0.25, -0.2) is 18.1 Å². The fourth-order valence-corrected chi connectivity index (χ4v) is 5.67. The minimum absolute atomic E-state index is 0.112. The fourth-order valence-electron chi connectivity index (χ4n) is 3.65. The van der Waals surface area contributed by atoms with Gasteiger partial charge < -0.3 is 10.2 Å². The molecule has 1 saturated heterocycles. The lowest BCUT2D eigenvalue weighted by Gasteiger charge is -2.17. The van der Waals surface area contributed by atoms with E-state index in [0.717, 1.165) is 20.9 Å². The number of sulfonamides is 1. The zero-order valence-electron chi connectivity index (χ0n) is 18.7. The molecule has 0 saturated carbocycles. The first-order valence-corrected chi connectivity index (χ1v) is 13.0. The summed E-state index contributed by atoms with van der Waals surface area (Å²) < 4.78 is 28.3. The van der Waals surface area contributed by atoms with E-state index in [1.807, 2.05) is 39.0 Å². The van der Waals surface area contributed by atoms with Crippen LogP contribution in [-0.2, 0) is 19.6 Å². The molecule has 0 radical (unpaired) electrons. The minimum atomic E-state index is -3.59. The highest BCUT2D eigenvalue weighted by molar-refractivity contribution is 7.89. The van der Waals surface area contributed by atoms with E-state index in [1.165, 1.54) is 12.1 Å². The molecule has 3 aromatic rings. The molecule has 1 atom stereocenters. The Hall–Kier alpha value is -2.82. The predicted molar refractivity (Wildman–Crippen MR) is 130 cm³/mol. The molecule has 8 nitrogen and oxygen atoms in total. The zero-order chi connectivity index (χ0) is 23.8. The van der Waals surface area contributed by atoms with Crippen LogP contribution in [0.15, 0.2) is 47.4 Å². The molecule has 1 aliphatic rings. The number of anilines is 2. The lowest BCUT2D eigenvalue weighted by molar-refractivity contribution is -0.122. The van der Waals surface area contributed by atoms with E-state index in [0.29, 0.717) is 12.2 Å². The van der Waals surface area contributed by atoms with Gasteiger partial charge in [-0.3, -0.25) is 9.59 Å². The van der Waals surface area contributed by atoms with Gasteiger partial charge >= 0.3 is 0 Å². The molecule has 33 heavy (non-hydrogen) atoms. The van der Waals surface area contributed by atoms with Crippen molar-refractivity contribution in [1.29, 1.82) is 0 Å². The molecule has 0 spiro atoms. The van der Waals surface area contributed by atoms with Crippen molar-refractivity contribution in [1.82, 2.24) is 9.71 Å². The van der Waals surface area contributed by atoms with E-state index < -0.39 is 15.9 Å². The number of nitrogens with one attached hydrogen (secondary N) is 2. The maximum atomic E-state index is 12.8. The smallest absolute Gasteiger partial charge is 0.240 e. The second kappa shape index (κ2) is 9.20. The quantitative estimate of drug-likeness (QED) is 0.531. The summed E-state index contributed by atoms with van der Waals surface area (Å²) >= 11 is 1.60. The third kappa shape index (κ3) is 5.23. The normalized spacial score (nSPS) is 16.7. The summed E-state index contributed by atoms with van der Waals surface area (Å²) in [4.78, 5) is 31.6. The molecule has 10 heteroatoms. The molecule has 1 unspecified atom stereocenters. The number of thiazole rings is 1. The van der Waals surface area contributed by atoms with Crippen molar-refractivity contribution in [3.05, 3.63) is 47.5 Å². The van der Waals surface area contributed by atoms with Crippen molar-refractivity contribution in [2.45, 2.75) is 32.1 Å². The van der Waals surface area contributed by atoms with Gasteiger partial charge in [0.15, 0.2) is 0 Å². The summed E-state index contributed by atoms with van der Waals surface area (Å²) in [7, 11) is -3.59. The van der Waals surface area contributed by atoms with Gasteiger partial charge in [0.1, 0.15) is 0 Å². The van der Waals surface area contributed by atoms with Crippen molar-refractivity contribution < 1.29 is 18.0 Å². The third-order valence-electron chi connectivity index (χ3n) is 5.40. The van der Waals surface area contributed by atoms with Crippen LogP contribution >= 0.6 is 11.3 Å². The minimum Gasteiger partial charge on any atom is -0.326 e. The Labute approximate surface area is 197 Å². The van der Waals surface area contributed by atoms with Gasteiger partial charge in [-0.1, -0.05) is 13.8 Å². The second-order valence-corrected chi connectivity index (χ2v) is 11.6. The van der Waals surface area contributed by atoms with E-state index in [2.05, 4.69) is 15.0 Å². The van der Waals surface area contributed by atoms with Crippen LogP contribution in [0.25, 0.3) is 10.2 Å². The van der Waals surface area contributed by atoms with Gasteiger partial charge in [0.2, 0.25) is 21.8 Å². The second-order valence-electron chi connectivity index (χ2n) is 8.55. The Balaban J connectivity index is 1.41. The molecule has 0 aliphatic carbocycles. The summed E-state index contributed by atoms with van der Waals surface area (Å²) in [6.45, 7) is 6.42. The maximum absolute atomic E-state index is 12.8. The average Bonchev–Trinajstić information content (AvgIpc) is 3.33. The number of hydrogen-bond acceptors (Lipinski definition) is 6. The Morgan fingerprint density at radius 1 is 1.21 bits per heavy atom. The number of aromatic nitrogens is 1. The summed E-state index contributed by atoms with van der Waals surface area (Å²) in [5.41, 5.74) is 2.05. The molecular formula is C23H26N4O4S2. The first-order chi connectivity index (χ1) is 15.6. The van der Waals surface area contributed by atoms with Crippen molar-refractivity contribution >= 4 is 54.8 Å². The SMILES string of the molecule is Cc1nc2cc(N3CC(C(=O)Nc4ccc(S(=O)(=O)NCC(C)C)cc4)CC3=O)ccc2s1. The number of amides is 2. The third-order valence-corrected chi connectivity index (χ3v) is 7.79. The lowest BCUT2D eigenvalue weighted by Crippen LogP contribution is -2.28. The molecule has 2 amide bonds. The van der Waals surface area contributed by atoms with Crippen molar-refractivity contribution in [3.63, 3.8) is 0 Å². The zero-order valence-corrected chi connectivity index (χ0v) is 20.3. The highest BCUT2D eigenvalue weighted by Crippen LogP contribution is 2.30. The Kier molecular flexibility index (Phi) is 6.51. The molecule has 2 N–H and O–H groups in total. The van der Waals surface area contributed by atoms with Crippen LogP contribution in [-0.4, -0.2) is 38.3 Å².